The summed E-state index contributed by atoms with van der Waals surface area (Å²) < 4.78 is 9.77. The Morgan fingerprint density at radius 2 is 1.45 bits per heavy atom. The summed E-state index contributed by atoms with van der Waals surface area (Å²) in [6, 6.07) is 6.71. The summed E-state index contributed by atoms with van der Waals surface area (Å²) in [5, 5.41) is 11.1. The molecule has 0 fully saturated rings. The van der Waals surface area contributed by atoms with Crippen molar-refractivity contribution in [2.24, 2.45) is 0 Å². The van der Waals surface area contributed by atoms with Crippen LogP contribution in [0.3, 0.4) is 0 Å². The second-order valence-electron chi connectivity index (χ2n) is 6.68. The normalized spacial score (nSPS) is 11.5. The zero-order valence-corrected chi connectivity index (χ0v) is 16.8. The van der Waals surface area contributed by atoms with Crippen LogP contribution in [-0.4, -0.2) is 35.9 Å². The molecular formula is C21H21NO7. The number of rotatable bonds is 6. The van der Waals surface area contributed by atoms with Gasteiger partial charge in [-0.25, -0.2) is 9.59 Å². The molecule has 2 aromatic rings. The summed E-state index contributed by atoms with van der Waals surface area (Å²) in [7, 11) is 1.12. The predicted octanol–water partition coefficient (Wildman–Crippen LogP) is 3.73. The number of carbonyl (C=O) groups excluding carboxylic acids is 3. The van der Waals surface area contributed by atoms with Crippen molar-refractivity contribution in [3.63, 3.8) is 0 Å². The monoisotopic (exact) mass is 399 g/mol. The second kappa shape index (κ2) is 8.64. The zero-order valence-electron chi connectivity index (χ0n) is 16.8. The van der Waals surface area contributed by atoms with Crippen LogP contribution in [0.5, 0.6) is 0 Å². The van der Waals surface area contributed by atoms with E-state index in [1.807, 2.05) is 19.9 Å². The summed E-state index contributed by atoms with van der Waals surface area (Å²) in [5.74, 6) is -2.18. The maximum Gasteiger partial charge on any atom is 0.339 e. The fraction of sp³-hybridized carbons (Fsp3) is 0.286. The van der Waals surface area contributed by atoms with Crippen molar-refractivity contribution in [2.45, 2.75) is 33.8 Å². The van der Waals surface area contributed by atoms with Crippen LogP contribution in [0, 0.1) is 30.9 Å². The molecule has 0 unspecified atom stereocenters. The first-order valence-electron chi connectivity index (χ1n) is 8.76. The minimum absolute atomic E-state index is 0.169. The fourth-order valence-electron chi connectivity index (χ4n) is 2.80. The molecule has 0 heterocycles. The number of aryl methyl sites for hydroxylation is 3. The minimum atomic E-state index is -1.12. The molecule has 8 nitrogen and oxygen atoms in total. The Hall–Kier alpha value is -3.55. The van der Waals surface area contributed by atoms with Gasteiger partial charge >= 0.3 is 11.9 Å². The Morgan fingerprint density at radius 3 is 2.00 bits per heavy atom. The minimum Gasteiger partial charge on any atom is -0.465 e. The van der Waals surface area contributed by atoms with Crippen molar-refractivity contribution in [1.29, 1.82) is 0 Å². The molecule has 0 N–H and O–H groups in total. The lowest BCUT2D eigenvalue weighted by Crippen LogP contribution is -2.25. The molecule has 8 heteroatoms. The van der Waals surface area contributed by atoms with Crippen molar-refractivity contribution in [3.05, 3.63) is 73.8 Å². The lowest BCUT2D eigenvalue weighted by atomic mass is 9.96. The molecule has 0 saturated heterocycles. The van der Waals surface area contributed by atoms with E-state index in [4.69, 9.17) is 4.74 Å². The third-order valence-corrected chi connectivity index (χ3v) is 4.54. The van der Waals surface area contributed by atoms with Gasteiger partial charge in [-0.05, 0) is 56.5 Å². The lowest BCUT2D eigenvalue weighted by molar-refractivity contribution is -0.384. The maximum atomic E-state index is 12.7. The van der Waals surface area contributed by atoms with Crippen LogP contribution in [0.25, 0.3) is 0 Å². The highest BCUT2D eigenvalue weighted by Gasteiger charge is 2.25. The first-order valence-corrected chi connectivity index (χ1v) is 8.76. The van der Waals surface area contributed by atoms with E-state index in [9.17, 15) is 24.5 Å². The number of nitrogens with zero attached hydrogens (tertiary/aromatic N) is 1. The van der Waals surface area contributed by atoms with Gasteiger partial charge in [-0.15, -0.1) is 0 Å². The SMILES string of the molecule is COC(=O)c1cc(C(=O)O[C@H](C)C(=O)c2cc(C)c(C)cc2C)cc([N+](=O)[O-])c1. The van der Waals surface area contributed by atoms with E-state index in [-0.39, 0.29) is 11.1 Å². The zero-order chi connectivity index (χ0) is 21.9. The van der Waals surface area contributed by atoms with Gasteiger partial charge < -0.3 is 9.47 Å². The molecule has 29 heavy (non-hydrogen) atoms. The standard InChI is InChI=1S/C21H21NO7/c1-11-6-13(3)18(7-12(11)2)19(23)14(4)29-21(25)16-8-15(20(24)28-5)9-17(10-16)22(26)27/h6-10,14H,1-5H3/t14-/m1/s1. The van der Waals surface area contributed by atoms with Gasteiger partial charge in [0.25, 0.3) is 5.69 Å². The molecule has 0 aliphatic heterocycles. The van der Waals surface area contributed by atoms with Crippen molar-refractivity contribution < 1.29 is 28.8 Å². The van der Waals surface area contributed by atoms with E-state index < -0.39 is 34.4 Å². The largest absolute Gasteiger partial charge is 0.465 e. The Balaban J connectivity index is 2.30. The number of carbonyl (C=O) groups is 3. The summed E-state index contributed by atoms with van der Waals surface area (Å²) in [4.78, 5) is 47.3. The highest BCUT2D eigenvalue weighted by Crippen LogP contribution is 2.21. The van der Waals surface area contributed by atoms with E-state index in [1.54, 1.807) is 13.0 Å². The van der Waals surface area contributed by atoms with Crippen LogP contribution in [0.1, 0.15) is 54.7 Å². The molecule has 0 aliphatic rings. The van der Waals surface area contributed by atoms with E-state index in [1.165, 1.54) is 6.92 Å². The van der Waals surface area contributed by atoms with Gasteiger partial charge in [-0.3, -0.25) is 14.9 Å². The average Bonchev–Trinajstić information content (AvgIpc) is 2.68. The molecule has 0 spiro atoms. The van der Waals surface area contributed by atoms with Crippen LogP contribution < -0.4 is 0 Å². The van der Waals surface area contributed by atoms with Crippen LogP contribution in [0.2, 0.25) is 0 Å². The first-order chi connectivity index (χ1) is 13.5. The van der Waals surface area contributed by atoms with Crippen molar-refractivity contribution in [2.75, 3.05) is 7.11 Å². The van der Waals surface area contributed by atoms with Gasteiger partial charge in [-0.1, -0.05) is 6.07 Å². The molecule has 0 radical (unpaired) electrons. The fourth-order valence-corrected chi connectivity index (χ4v) is 2.80. The number of esters is 2. The van der Waals surface area contributed by atoms with Crippen molar-refractivity contribution in [1.82, 2.24) is 0 Å². The molecule has 152 valence electrons. The van der Waals surface area contributed by atoms with Crippen LogP contribution in [0.4, 0.5) is 5.69 Å². The highest BCUT2D eigenvalue weighted by atomic mass is 16.6. The summed E-state index contributed by atoms with van der Waals surface area (Å²) in [5.41, 5.74) is 2.29. The molecule has 0 aromatic heterocycles. The Bertz CT molecular complexity index is 1010. The Morgan fingerprint density at radius 1 is 0.897 bits per heavy atom. The molecule has 0 saturated carbocycles. The number of ether oxygens (including phenoxy) is 2. The van der Waals surface area contributed by atoms with Gasteiger partial charge in [0.2, 0.25) is 5.78 Å². The molecular weight excluding hydrogens is 378 g/mol. The lowest BCUT2D eigenvalue weighted by Gasteiger charge is -2.15. The van der Waals surface area contributed by atoms with Gasteiger partial charge in [0.15, 0.2) is 6.10 Å². The number of hydrogen-bond donors (Lipinski definition) is 0. The summed E-state index contributed by atoms with van der Waals surface area (Å²) >= 11 is 0. The van der Waals surface area contributed by atoms with Gasteiger partial charge in [0.1, 0.15) is 0 Å². The molecule has 0 bridgehead atoms. The quantitative estimate of drug-likeness (QED) is 0.315. The molecule has 2 rings (SSSR count). The van der Waals surface area contributed by atoms with E-state index >= 15 is 0 Å². The smallest absolute Gasteiger partial charge is 0.339 e. The molecule has 1 atom stereocenters. The maximum absolute atomic E-state index is 12.7. The highest BCUT2D eigenvalue weighted by molar-refractivity contribution is 6.03. The van der Waals surface area contributed by atoms with E-state index in [0.29, 0.717) is 5.56 Å². The Labute approximate surface area is 167 Å². The first kappa shape index (κ1) is 21.7. The summed E-state index contributed by atoms with van der Waals surface area (Å²) in [6.45, 7) is 7.02. The number of ketones is 1. The molecule has 2 aromatic carbocycles. The number of nitro benzene ring substituents is 1. The van der Waals surface area contributed by atoms with Gasteiger partial charge in [0, 0.05) is 17.7 Å². The molecule has 0 amide bonds. The number of non-ortho nitro benzene ring substituents is 1. The van der Waals surface area contributed by atoms with Crippen LogP contribution in [-0.2, 0) is 9.47 Å². The van der Waals surface area contributed by atoms with Gasteiger partial charge in [-0.2, -0.15) is 0 Å². The van der Waals surface area contributed by atoms with E-state index in [0.717, 1.165) is 42.0 Å². The second-order valence-corrected chi connectivity index (χ2v) is 6.68. The van der Waals surface area contributed by atoms with Crippen molar-refractivity contribution in [3.8, 4) is 0 Å². The molecule has 0 aliphatic carbocycles. The number of hydrogen-bond acceptors (Lipinski definition) is 7. The Kier molecular flexibility index (Phi) is 6.48. The number of nitro groups is 1. The third-order valence-electron chi connectivity index (χ3n) is 4.54. The topological polar surface area (TPSA) is 113 Å². The third kappa shape index (κ3) is 4.84. The summed E-state index contributed by atoms with van der Waals surface area (Å²) in [6.07, 6.45) is -1.12. The van der Waals surface area contributed by atoms with E-state index in [2.05, 4.69) is 4.74 Å². The number of benzene rings is 2. The predicted molar refractivity (Wildman–Crippen MR) is 104 cm³/mol. The number of Topliss-reactive ketones (excluding diaryl/α,β-unsaturated/α-hetero) is 1. The van der Waals surface area contributed by atoms with Crippen molar-refractivity contribution >= 4 is 23.4 Å². The number of methoxy groups -OCH3 is 1. The van der Waals surface area contributed by atoms with Gasteiger partial charge in [0.05, 0.1) is 23.2 Å². The average molecular weight is 399 g/mol. The van der Waals surface area contributed by atoms with Crippen LogP contribution in [0.15, 0.2) is 30.3 Å². The van der Waals surface area contributed by atoms with Crippen LogP contribution >= 0.6 is 0 Å².